The van der Waals surface area contributed by atoms with Crippen molar-refractivity contribution in [3.05, 3.63) is 30.3 Å². The monoisotopic (exact) mass is 393 g/mol. The first kappa shape index (κ1) is 18.9. The van der Waals surface area contributed by atoms with Crippen molar-refractivity contribution in [1.82, 2.24) is 24.5 Å². The molecule has 0 unspecified atom stereocenters. The van der Waals surface area contributed by atoms with Crippen molar-refractivity contribution in [2.75, 3.05) is 33.6 Å². The van der Waals surface area contributed by atoms with Gasteiger partial charge in [0.05, 0.1) is 26.0 Å². The lowest BCUT2D eigenvalue weighted by Gasteiger charge is -2.09. The summed E-state index contributed by atoms with van der Waals surface area (Å²) in [5.74, 6) is 2.00. The first-order valence-electron chi connectivity index (χ1n) is 7.93. The van der Waals surface area contributed by atoms with E-state index in [1.807, 2.05) is 0 Å². The van der Waals surface area contributed by atoms with Gasteiger partial charge in [-0.05, 0) is 24.3 Å². The minimum absolute atomic E-state index is 0.130. The quantitative estimate of drug-likeness (QED) is 0.557. The van der Waals surface area contributed by atoms with Crippen LogP contribution in [0.25, 0.3) is 17.0 Å². The fourth-order valence-corrected chi connectivity index (χ4v) is 2.84. The van der Waals surface area contributed by atoms with E-state index >= 15 is 0 Å². The highest BCUT2D eigenvalue weighted by atomic mass is 32.2. The van der Waals surface area contributed by atoms with Crippen LogP contribution in [0.1, 0.15) is 0 Å². The number of methoxy groups -OCH3 is 2. The van der Waals surface area contributed by atoms with E-state index in [1.54, 1.807) is 44.6 Å². The SMILES string of the molecule is COc1ccc(OC)c(-c2nnc3ccc(OCCNS(C)(=O)=O)nn23)c1. The molecule has 0 spiro atoms. The largest absolute Gasteiger partial charge is 0.497 e. The number of aromatic nitrogens is 4. The van der Waals surface area contributed by atoms with Crippen LogP contribution in [0.5, 0.6) is 17.4 Å². The van der Waals surface area contributed by atoms with Crippen LogP contribution in [0.15, 0.2) is 30.3 Å². The van der Waals surface area contributed by atoms with Crippen LogP contribution in [0.4, 0.5) is 0 Å². The Hall–Kier alpha value is -2.92. The second kappa shape index (κ2) is 7.76. The fraction of sp³-hybridized carbons (Fsp3) is 0.312. The predicted molar refractivity (Wildman–Crippen MR) is 97.7 cm³/mol. The van der Waals surface area contributed by atoms with E-state index in [2.05, 4.69) is 20.0 Å². The average Bonchev–Trinajstić information content (AvgIpc) is 3.07. The Kier molecular flexibility index (Phi) is 5.42. The maximum atomic E-state index is 11.1. The molecule has 0 aliphatic heterocycles. The molecule has 0 fully saturated rings. The summed E-state index contributed by atoms with van der Waals surface area (Å²) < 4.78 is 42.2. The van der Waals surface area contributed by atoms with Gasteiger partial charge in [-0.25, -0.2) is 13.1 Å². The molecule has 0 saturated carbocycles. The fourth-order valence-electron chi connectivity index (χ4n) is 2.39. The molecule has 0 bridgehead atoms. The van der Waals surface area contributed by atoms with Crippen molar-refractivity contribution >= 4 is 15.7 Å². The van der Waals surface area contributed by atoms with Crippen molar-refractivity contribution in [3.63, 3.8) is 0 Å². The number of hydrogen-bond acceptors (Lipinski definition) is 8. The molecule has 144 valence electrons. The summed E-state index contributed by atoms with van der Waals surface area (Å²) in [6.07, 6.45) is 1.09. The highest BCUT2D eigenvalue weighted by Gasteiger charge is 2.16. The maximum Gasteiger partial charge on any atom is 0.231 e. The van der Waals surface area contributed by atoms with Crippen LogP contribution in [0.2, 0.25) is 0 Å². The van der Waals surface area contributed by atoms with E-state index < -0.39 is 10.0 Å². The number of hydrogen-bond donors (Lipinski definition) is 1. The first-order chi connectivity index (χ1) is 12.9. The highest BCUT2D eigenvalue weighted by molar-refractivity contribution is 7.88. The van der Waals surface area contributed by atoms with Crippen molar-refractivity contribution in [2.45, 2.75) is 0 Å². The third-order valence-electron chi connectivity index (χ3n) is 3.60. The first-order valence-corrected chi connectivity index (χ1v) is 9.82. The van der Waals surface area contributed by atoms with Gasteiger partial charge in [0.2, 0.25) is 15.9 Å². The zero-order valence-electron chi connectivity index (χ0n) is 15.0. The lowest BCUT2D eigenvalue weighted by Crippen LogP contribution is -2.27. The van der Waals surface area contributed by atoms with Gasteiger partial charge in [-0.3, -0.25) is 0 Å². The average molecular weight is 393 g/mol. The number of rotatable bonds is 8. The van der Waals surface area contributed by atoms with E-state index in [0.717, 1.165) is 6.26 Å². The van der Waals surface area contributed by atoms with Gasteiger partial charge in [0, 0.05) is 12.6 Å². The molecule has 2 aromatic heterocycles. The molecule has 1 N–H and O–H groups in total. The van der Waals surface area contributed by atoms with E-state index in [0.29, 0.717) is 34.4 Å². The molecule has 11 heteroatoms. The third-order valence-corrected chi connectivity index (χ3v) is 4.33. The van der Waals surface area contributed by atoms with Gasteiger partial charge in [0.25, 0.3) is 0 Å². The van der Waals surface area contributed by atoms with Crippen LogP contribution in [0, 0.1) is 0 Å². The molecule has 3 rings (SSSR count). The van der Waals surface area contributed by atoms with Gasteiger partial charge in [-0.1, -0.05) is 0 Å². The number of benzene rings is 1. The lowest BCUT2D eigenvalue weighted by atomic mass is 10.2. The van der Waals surface area contributed by atoms with Crippen molar-refractivity contribution in [3.8, 4) is 28.8 Å². The lowest BCUT2D eigenvalue weighted by molar-refractivity contribution is 0.306. The molecule has 2 heterocycles. The summed E-state index contributed by atoms with van der Waals surface area (Å²) in [5.41, 5.74) is 1.18. The summed E-state index contributed by atoms with van der Waals surface area (Å²) >= 11 is 0. The van der Waals surface area contributed by atoms with Gasteiger partial charge in [0.1, 0.15) is 18.1 Å². The molecule has 1 aromatic carbocycles. The molecular formula is C16H19N5O5S. The summed E-state index contributed by atoms with van der Waals surface area (Å²) in [4.78, 5) is 0. The molecule has 0 aliphatic rings. The molecule has 10 nitrogen and oxygen atoms in total. The second-order valence-corrected chi connectivity index (χ2v) is 7.38. The Bertz CT molecular complexity index is 1050. The van der Waals surface area contributed by atoms with Gasteiger partial charge in [-0.2, -0.15) is 4.52 Å². The van der Waals surface area contributed by atoms with Gasteiger partial charge < -0.3 is 14.2 Å². The number of fused-ring (bicyclic) bond motifs is 1. The number of nitrogens with one attached hydrogen (secondary N) is 1. The summed E-state index contributed by atoms with van der Waals surface area (Å²) in [7, 11) is -0.130. The molecule has 0 radical (unpaired) electrons. The standard InChI is InChI=1S/C16H19N5O5S/c1-24-11-4-5-13(25-2)12(10-11)16-19-18-14-6-7-15(20-21(14)16)26-9-8-17-27(3,22)23/h4-7,10,17H,8-9H2,1-3H3. The van der Waals surface area contributed by atoms with Gasteiger partial charge in [-0.15, -0.1) is 15.3 Å². The Balaban J connectivity index is 1.90. The number of sulfonamides is 1. The highest BCUT2D eigenvalue weighted by Crippen LogP contribution is 2.32. The van der Waals surface area contributed by atoms with Gasteiger partial charge >= 0.3 is 0 Å². The normalized spacial score (nSPS) is 11.5. The van der Waals surface area contributed by atoms with Crippen LogP contribution < -0.4 is 18.9 Å². The third kappa shape index (κ3) is 4.44. The smallest absolute Gasteiger partial charge is 0.231 e. The Morgan fingerprint density at radius 3 is 2.63 bits per heavy atom. The van der Waals surface area contributed by atoms with E-state index in [-0.39, 0.29) is 13.2 Å². The van der Waals surface area contributed by atoms with Crippen LogP contribution in [-0.2, 0) is 10.0 Å². The molecule has 27 heavy (non-hydrogen) atoms. The summed E-state index contributed by atoms with van der Waals surface area (Å²) in [6.45, 7) is 0.267. The summed E-state index contributed by atoms with van der Waals surface area (Å²) in [5, 5.41) is 12.7. The summed E-state index contributed by atoms with van der Waals surface area (Å²) in [6, 6.07) is 8.67. The van der Waals surface area contributed by atoms with E-state index in [1.165, 1.54) is 4.52 Å². The molecular weight excluding hydrogens is 374 g/mol. The Morgan fingerprint density at radius 2 is 1.93 bits per heavy atom. The minimum atomic E-state index is -3.26. The van der Waals surface area contributed by atoms with E-state index in [4.69, 9.17) is 14.2 Å². The van der Waals surface area contributed by atoms with Crippen molar-refractivity contribution in [2.24, 2.45) is 0 Å². The zero-order valence-corrected chi connectivity index (χ0v) is 15.9. The molecule has 0 atom stereocenters. The van der Waals surface area contributed by atoms with E-state index in [9.17, 15) is 8.42 Å². The minimum Gasteiger partial charge on any atom is -0.497 e. The Morgan fingerprint density at radius 1 is 1.11 bits per heavy atom. The molecule has 0 amide bonds. The predicted octanol–water partition coefficient (Wildman–Crippen LogP) is 0.736. The second-order valence-electron chi connectivity index (χ2n) is 5.55. The zero-order chi connectivity index (χ0) is 19.4. The van der Waals surface area contributed by atoms with Crippen molar-refractivity contribution < 1.29 is 22.6 Å². The Labute approximate surface area is 156 Å². The molecule has 0 saturated heterocycles. The van der Waals surface area contributed by atoms with Crippen molar-refractivity contribution in [1.29, 1.82) is 0 Å². The van der Waals surface area contributed by atoms with Crippen LogP contribution >= 0.6 is 0 Å². The maximum absolute atomic E-state index is 11.1. The van der Waals surface area contributed by atoms with Gasteiger partial charge in [0.15, 0.2) is 11.5 Å². The number of ether oxygens (including phenoxy) is 3. The number of nitrogens with zero attached hydrogens (tertiary/aromatic N) is 4. The topological polar surface area (TPSA) is 117 Å². The molecule has 0 aliphatic carbocycles. The van der Waals surface area contributed by atoms with Crippen LogP contribution in [-0.4, -0.2) is 61.9 Å². The molecule has 3 aromatic rings. The van der Waals surface area contributed by atoms with Crippen LogP contribution in [0.3, 0.4) is 0 Å².